The van der Waals surface area contributed by atoms with E-state index in [0.29, 0.717) is 0 Å². The molecule has 0 aromatic rings. The maximum atomic E-state index is 9.43. The van der Waals surface area contributed by atoms with Crippen LogP contribution in [0.25, 0.3) is 0 Å². The molecular formula is C2H5Cl2O3P. The molecule has 0 heterocycles. The van der Waals surface area contributed by atoms with Crippen LogP contribution in [0.4, 0.5) is 0 Å². The second kappa shape index (κ2) is 7.31. The molecule has 0 aliphatic carbocycles. The van der Waals surface area contributed by atoms with E-state index in [2.05, 4.69) is 23.2 Å². The summed E-state index contributed by atoms with van der Waals surface area (Å²) < 4.78 is 0. The third-order valence-corrected chi connectivity index (χ3v) is 0.595. The molecule has 0 aliphatic rings. The van der Waals surface area contributed by atoms with Crippen molar-refractivity contribution in [2.24, 2.45) is 0 Å². The summed E-state index contributed by atoms with van der Waals surface area (Å²) in [5.41, 5.74) is 0. The Hall–Kier alpha value is 0.310. The fourth-order valence-corrected chi connectivity index (χ4v) is 0. The first-order valence-corrected chi connectivity index (χ1v) is 1.79. The average Bonchev–Trinajstić information content (AvgIpc) is 1.36. The molecule has 2 N–H and O–H groups in total. The fraction of sp³-hybridized carbons (Fsp3) is 0. The zero-order valence-corrected chi connectivity index (χ0v) is 6.71. The summed E-state index contributed by atoms with van der Waals surface area (Å²) in [4.78, 5) is 18.9. The lowest BCUT2D eigenvalue weighted by molar-refractivity contribution is -0.127. The summed E-state index contributed by atoms with van der Waals surface area (Å²) in [7, 11) is 0. The van der Waals surface area contributed by atoms with Gasteiger partial charge < -0.3 is 5.48 Å². The SMILES string of the molecule is O.O=C(Cl)C(=O)Cl.P. The number of hydrogen-bond acceptors (Lipinski definition) is 2. The first-order valence-electron chi connectivity index (χ1n) is 1.04. The van der Waals surface area contributed by atoms with Gasteiger partial charge in [-0.2, -0.15) is 9.90 Å². The van der Waals surface area contributed by atoms with Gasteiger partial charge in [-0.3, -0.25) is 9.59 Å². The quantitative estimate of drug-likeness (QED) is 0.316. The van der Waals surface area contributed by atoms with Gasteiger partial charge in [-0.15, -0.1) is 0 Å². The molecule has 3 nitrogen and oxygen atoms in total. The number of carbonyl (C=O) groups excluding carboxylic acids is 2. The van der Waals surface area contributed by atoms with E-state index >= 15 is 0 Å². The van der Waals surface area contributed by atoms with E-state index in [1.54, 1.807) is 0 Å². The zero-order valence-electron chi connectivity index (χ0n) is 3.78. The Bertz CT molecular complexity index is 81.3. The molecule has 50 valence electrons. The number of halogens is 2. The molecule has 1 atom stereocenters. The highest BCUT2D eigenvalue weighted by molar-refractivity contribution is 6.97. The molecule has 8 heavy (non-hydrogen) atoms. The van der Waals surface area contributed by atoms with Crippen LogP contribution in [0, 0.1) is 0 Å². The molecule has 0 rings (SSSR count). The molecular weight excluding hydrogens is 174 g/mol. The Labute approximate surface area is 59.3 Å². The van der Waals surface area contributed by atoms with Gasteiger partial charge in [0.2, 0.25) is 0 Å². The van der Waals surface area contributed by atoms with Gasteiger partial charge in [-0.1, -0.05) is 0 Å². The predicted molar refractivity (Wildman–Crippen MR) is 36.4 cm³/mol. The highest BCUT2D eigenvalue weighted by atomic mass is 35.5. The van der Waals surface area contributed by atoms with Crippen molar-refractivity contribution in [2.45, 2.75) is 0 Å². The first-order chi connectivity index (χ1) is 2.64. The molecule has 0 aliphatic heterocycles. The lowest BCUT2D eigenvalue weighted by Gasteiger charge is -1.67. The van der Waals surface area contributed by atoms with Gasteiger partial charge in [0.25, 0.3) is 0 Å². The van der Waals surface area contributed by atoms with E-state index < -0.39 is 10.5 Å². The summed E-state index contributed by atoms with van der Waals surface area (Å²) in [6.07, 6.45) is 0. The van der Waals surface area contributed by atoms with Gasteiger partial charge in [-0.25, -0.2) is 0 Å². The monoisotopic (exact) mass is 178 g/mol. The van der Waals surface area contributed by atoms with Crippen molar-refractivity contribution in [3.05, 3.63) is 0 Å². The standard InChI is InChI=1S/C2Cl2O2.H2O.H3P/c3-1(5)2(4)6;;/h;1H2;1H3. The largest absolute Gasteiger partial charge is 0.412 e. The second-order valence-electron chi connectivity index (χ2n) is 0.547. The number of carbonyl (C=O) groups is 2. The van der Waals surface area contributed by atoms with Gasteiger partial charge in [0.1, 0.15) is 0 Å². The lowest BCUT2D eigenvalue weighted by Crippen LogP contribution is -1.94. The van der Waals surface area contributed by atoms with Crippen LogP contribution in [0.15, 0.2) is 0 Å². The van der Waals surface area contributed by atoms with E-state index in [4.69, 9.17) is 0 Å². The molecule has 0 spiro atoms. The summed E-state index contributed by atoms with van der Waals surface area (Å²) in [6, 6.07) is 0. The van der Waals surface area contributed by atoms with Crippen LogP contribution in [0.1, 0.15) is 0 Å². The van der Waals surface area contributed by atoms with E-state index in [1.807, 2.05) is 0 Å². The maximum absolute atomic E-state index is 9.43. The van der Waals surface area contributed by atoms with Gasteiger partial charge in [0, 0.05) is 0 Å². The third kappa shape index (κ3) is 9.58. The topological polar surface area (TPSA) is 65.6 Å². The third-order valence-electron chi connectivity index (χ3n) is 0.155. The number of rotatable bonds is 1. The minimum Gasteiger partial charge on any atom is -0.412 e. The van der Waals surface area contributed by atoms with Crippen molar-refractivity contribution in [1.82, 2.24) is 0 Å². The van der Waals surface area contributed by atoms with Gasteiger partial charge in [-0.05, 0) is 23.2 Å². The minimum absolute atomic E-state index is 0. The van der Waals surface area contributed by atoms with Crippen LogP contribution in [-0.2, 0) is 9.59 Å². The molecule has 0 amide bonds. The van der Waals surface area contributed by atoms with Crippen molar-refractivity contribution >= 4 is 43.6 Å². The van der Waals surface area contributed by atoms with Crippen LogP contribution < -0.4 is 0 Å². The summed E-state index contributed by atoms with van der Waals surface area (Å²) >= 11 is 8.98. The van der Waals surface area contributed by atoms with E-state index in [9.17, 15) is 9.59 Å². The summed E-state index contributed by atoms with van der Waals surface area (Å²) in [5, 5.41) is -2.28. The van der Waals surface area contributed by atoms with Crippen molar-refractivity contribution in [1.29, 1.82) is 0 Å². The van der Waals surface area contributed by atoms with Crippen LogP contribution >= 0.6 is 33.1 Å². The molecule has 0 fully saturated rings. The minimum atomic E-state index is -1.14. The van der Waals surface area contributed by atoms with E-state index in [0.717, 1.165) is 0 Å². The van der Waals surface area contributed by atoms with Crippen LogP contribution in [0.5, 0.6) is 0 Å². The smallest absolute Gasteiger partial charge is 0.304 e. The Morgan fingerprint density at radius 2 is 1.12 bits per heavy atom. The van der Waals surface area contributed by atoms with Gasteiger partial charge in [0.05, 0.1) is 0 Å². The highest BCUT2D eigenvalue weighted by Gasteiger charge is 2.01. The molecule has 0 saturated heterocycles. The molecule has 6 heteroatoms. The highest BCUT2D eigenvalue weighted by Crippen LogP contribution is 1.84. The van der Waals surface area contributed by atoms with Gasteiger partial charge in [0.15, 0.2) is 0 Å². The molecule has 0 aromatic carbocycles. The normalized spacial score (nSPS) is 5.75. The van der Waals surface area contributed by atoms with Crippen LogP contribution in [0.3, 0.4) is 0 Å². The lowest BCUT2D eigenvalue weighted by atomic mass is 10.9. The zero-order chi connectivity index (χ0) is 5.15. The van der Waals surface area contributed by atoms with Crippen molar-refractivity contribution < 1.29 is 15.1 Å². The Kier molecular flexibility index (Phi) is 14.4. The number of hydrogen-bond donors (Lipinski definition) is 0. The maximum Gasteiger partial charge on any atom is 0.304 e. The van der Waals surface area contributed by atoms with E-state index in [-0.39, 0.29) is 15.4 Å². The van der Waals surface area contributed by atoms with Crippen molar-refractivity contribution in [3.63, 3.8) is 0 Å². The molecule has 0 radical (unpaired) electrons. The van der Waals surface area contributed by atoms with Crippen LogP contribution in [-0.4, -0.2) is 16.0 Å². The molecule has 1 unspecified atom stereocenters. The first kappa shape index (κ1) is 15.7. The summed E-state index contributed by atoms with van der Waals surface area (Å²) in [6.45, 7) is 0. The molecule has 0 saturated carbocycles. The fourth-order valence-electron chi connectivity index (χ4n) is 0. The van der Waals surface area contributed by atoms with E-state index in [1.165, 1.54) is 0 Å². The second-order valence-corrected chi connectivity index (χ2v) is 1.23. The van der Waals surface area contributed by atoms with Crippen molar-refractivity contribution in [2.75, 3.05) is 0 Å². The molecule has 0 aromatic heterocycles. The van der Waals surface area contributed by atoms with Crippen LogP contribution in [0.2, 0.25) is 0 Å². The summed E-state index contributed by atoms with van der Waals surface area (Å²) in [5.74, 6) is 0. The molecule has 0 bridgehead atoms. The predicted octanol–water partition coefficient (Wildman–Crippen LogP) is -0.249. The average molecular weight is 179 g/mol. The Morgan fingerprint density at radius 3 is 1.12 bits per heavy atom. The Morgan fingerprint density at radius 1 is 1.00 bits per heavy atom. The van der Waals surface area contributed by atoms with Gasteiger partial charge >= 0.3 is 10.5 Å². The van der Waals surface area contributed by atoms with Crippen molar-refractivity contribution in [3.8, 4) is 0 Å². The Balaban J connectivity index is -0.000000125.